The number of carbonyl (C=O) groups excluding carboxylic acids is 1. The molecule has 0 spiro atoms. The lowest BCUT2D eigenvalue weighted by molar-refractivity contribution is 0.262. The van der Waals surface area contributed by atoms with Crippen molar-refractivity contribution >= 4 is 33.1 Å². The van der Waals surface area contributed by atoms with Gasteiger partial charge in [-0.2, -0.15) is 0 Å². The van der Waals surface area contributed by atoms with Crippen LogP contribution in [0.5, 0.6) is 5.75 Å². The first-order valence-corrected chi connectivity index (χ1v) is 8.97. The molecule has 2 aromatic carbocycles. The van der Waals surface area contributed by atoms with Crippen molar-refractivity contribution in [2.75, 3.05) is 28.7 Å². The number of anilines is 3. The summed E-state index contributed by atoms with van der Waals surface area (Å²) in [5.41, 5.74) is 2.14. The molecule has 0 unspecified atom stereocenters. The monoisotopic (exact) mass is 349 g/mol. The number of nitrogens with one attached hydrogen (secondary N) is 3. The summed E-state index contributed by atoms with van der Waals surface area (Å²) in [7, 11) is -1.88. The van der Waals surface area contributed by atoms with Crippen LogP contribution in [0.15, 0.2) is 42.5 Å². The molecule has 0 radical (unpaired) electrons. The minimum absolute atomic E-state index is 0.410. The van der Waals surface area contributed by atoms with Crippen molar-refractivity contribution < 1.29 is 17.9 Å². The molecule has 0 saturated heterocycles. The highest BCUT2D eigenvalue weighted by Crippen LogP contribution is 2.24. The Hall–Kier alpha value is -2.74. The second-order valence-corrected chi connectivity index (χ2v) is 6.93. The number of aryl methyl sites for hydroxylation is 1. The minimum Gasteiger partial charge on any atom is -0.495 e. The van der Waals surface area contributed by atoms with Crippen molar-refractivity contribution in [3.63, 3.8) is 0 Å². The predicted molar refractivity (Wildman–Crippen MR) is 95.3 cm³/mol. The average Bonchev–Trinajstić information content (AvgIpc) is 2.49. The predicted octanol–water partition coefficient (Wildman–Crippen LogP) is 3.02. The summed E-state index contributed by atoms with van der Waals surface area (Å²) < 4.78 is 30.3. The summed E-state index contributed by atoms with van der Waals surface area (Å²) in [5.74, 6) is 0.538. The van der Waals surface area contributed by atoms with E-state index in [-0.39, 0.29) is 0 Å². The van der Waals surface area contributed by atoms with Gasteiger partial charge in [-0.3, -0.25) is 4.72 Å². The van der Waals surface area contributed by atoms with Crippen LogP contribution < -0.4 is 20.1 Å². The summed E-state index contributed by atoms with van der Waals surface area (Å²) >= 11 is 0. The number of amides is 2. The number of urea groups is 1. The molecule has 3 N–H and O–H groups in total. The van der Waals surface area contributed by atoms with Gasteiger partial charge in [-0.15, -0.1) is 0 Å². The number of rotatable bonds is 5. The van der Waals surface area contributed by atoms with Gasteiger partial charge in [-0.25, -0.2) is 13.2 Å². The Bertz CT molecular complexity index is 850. The third kappa shape index (κ3) is 4.88. The number of carbonyl (C=O) groups is 1. The second kappa shape index (κ2) is 7.22. The molecule has 128 valence electrons. The third-order valence-electron chi connectivity index (χ3n) is 3.15. The van der Waals surface area contributed by atoms with Gasteiger partial charge in [0.1, 0.15) is 5.75 Å². The van der Waals surface area contributed by atoms with Gasteiger partial charge >= 0.3 is 6.03 Å². The van der Waals surface area contributed by atoms with Gasteiger partial charge in [-0.1, -0.05) is 18.2 Å². The van der Waals surface area contributed by atoms with Gasteiger partial charge in [0.15, 0.2) is 0 Å². The smallest absolute Gasteiger partial charge is 0.323 e. The highest BCUT2D eigenvalue weighted by molar-refractivity contribution is 7.92. The number of sulfonamides is 1. The van der Waals surface area contributed by atoms with Crippen LogP contribution in [0.3, 0.4) is 0 Å². The Balaban J connectivity index is 2.13. The zero-order chi connectivity index (χ0) is 17.7. The van der Waals surface area contributed by atoms with E-state index in [1.165, 1.54) is 7.11 Å². The van der Waals surface area contributed by atoms with Crippen molar-refractivity contribution in [2.24, 2.45) is 0 Å². The van der Waals surface area contributed by atoms with Gasteiger partial charge in [0.05, 0.1) is 24.7 Å². The quantitative estimate of drug-likeness (QED) is 0.773. The third-order valence-corrected chi connectivity index (χ3v) is 3.74. The van der Waals surface area contributed by atoms with E-state index in [0.717, 1.165) is 11.8 Å². The van der Waals surface area contributed by atoms with Crippen molar-refractivity contribution in [3.8, 4) is 5.75 Å². The molecule has 0 aliphatic heterocycles. The minimum atomic E-state index is -3.40. The molecule has 0 saturated carbocycles. The summed E-state index contributed by atoms with van der Waals surface area (Å²) in [6.45, 7) is 1.77. The standard InChI is InChI=1S/C16H19N3O4S/c1-11-8-9-12(10-14(11)19-24(3,21)22)17-16(20)18-13-6-4-5-7-15(13)23-2/h4-10,19H,1-3H3,(H2,17,18,20). The fraction of sp³-hybridized carbons (Fsp3) is 0.188. The van der Waals surface area contributed by atoms with Crippen LogP contribution in [-0.4, -0.2) is 27.8 Å². The maximum absolute atomic E-state index is 12.1. The summed E-state index contributed by atoms with van der Waals surface area (Å²) in [4.78, 5) is 12.1. The molecule has 8 heteroatoms. The van der Waals surface area contributed by atoms with Gasteiger partial charge < -0.3 is 15.4 Å². The maximum atomic E-state index is 12.1. The summed E-state index contributed by atoms with van der Waals surface area (Å²) in [6, 6.07) is 11.5. The van der Waals surface area contributed by atoms with Crippen LogP contribution in [0.25, 0.3) is 0 Å². The largest absolute Gasteiger partial charge is 0.495 e. The van der Waals surface area contributed by atoms with E-state index in [4.69, 9.17) is 4.74 Å². The normalized spacial score (nSPS) is 10.8. The molecule has 2 aromatic rings. The molecule has 24 heavy (non-hydrogen) atoms. The van der Waals surface area contributed by atoms with Crippen molar-refractivity contribution in [3.05, 3.63) is 48.0 Å². The Morgan fingerprint density at radius 3 is 2.42 bits per heavy atom. The van der Waals surface area contributed by atoms with Crippen LogP contribution in [-0.2, 0) is 10.0 Å². The Kier molecular flexibility index (Phi) is 5.30. The molecule has 7 nitrogen and oxygen atoms in total. The molecular formula is C16H19N3O4S. The molecule has 2 amide bonds. The van der Waals surface area contributed by atoms with E-state index in [2.05, 4.69) is 15.4 Å². The Morgan fingerprint density at radius 2 is 1.75 bits per heavy atom. The fourth-order valence-corrected chi connectivity index (χ4v) is 2.66. The van der Waals surface area contributed by atoms with Crippen LogP contribution >= 0.6 is 0 Å². The second-order valence-electron chi connectivity index (χ2n) is 5.18. The zero-order valence-electron chi connectivity index (χ0n) is 13.6. The highest BCUT2D eigenvalue weighted by Gasteiger charge is 2.10. The number of benzene rings is 2. The first kappa shape index (κ1) is 17.6. The van der Waals surface area contributed by atoms with Crippen molar-refractivity contribution in [1.82, 2.24) is 0 Å². The summed E-state index contributed by atoms with van der Waals surface area (Å²) in [6.07, 6.45) is 1.07. The van der Waals surface area contributed by atoms with E-state index in [1.54, 1.807) is 49.4 Å². The fourth-order valence-electron chi connectivity index (χ4n) is 2.04. The van der Waals surface area contributed by atoms with Gasteiger partial charge in [0.25, 0.3) is 0 Å². The molecule has 0 bridgehead atoms. The number of hydrogen-bond donors (Lipinski definition) is 3. The number of para-hydroxylation sites is 2. The first-order valence-electron chi connectivity index (χ1n) is 7.08. The lowest BCUT2D eigenvalue weighted by atomic mass is 10.2. The molecule has 0 aromatic heterocycles. The van der Waals surface area contributed by atoms with Crippen LogP contribution in [0.2, 0.25) is 0 Å². The topological polar surface area (TPSA) is 96.5 Å². The van der Waals surface area contributed by atoms with E-state index in [0.29, 0.717) is 22.8 Å². The zero-order valence-corrected chi connectivity index (χ0v) is 14.4. The number of hydrogen-bond acceptors (Lipinski definition) is 4. The van der Waals surface area contributed by atoms with E-state index in [1.807, 2.05) is 0 Å². The SMILES string of the molecule is COc1ccccc1NC(=O)Nc1ccc(C)c(NS(C)(=O)=O)c1. The lowest BCUT2D eigenvalue weighted by Crippen LogP contribution is -2.20. The molecule has 0 aliphatic rings. The molecule has 0 fully saturated rings. The van der Waals surface area contributed by atoms with Gasteiger partial charge in [-0.05, 0) is 36.8 Å². The van der Waals surface area contributed by atoms with Crippen LogP contribution in [0, 0.1) is 6.92 Å². The molecule has 2 rings (SSSR count). The summed E-state index contributed by atoms with van der Waals surface area (Å²) in [5, 5.41) is 5.33. The molecular weight excluding hydrogens is 330 g/mol. The van der Waals surface area contributed by atoms with E-state index in [9.17, 15) is 13.2 Å². The molecule has 0 atom stereocenters. The number of methoxy groups -OCH3 is 1. The Morgan fingerprint density at radius 1 is 1.04 bits per heavy atom. The first-order chi connectivity index (χ1) is 11.3. The Labute approximate surface area is 141 Å². The van der Waals surface area contributed by atoms with Crippen molar-refractivity contribution in [1.29, 1.82) is 0 Å². The number of ether oxygens (including phenoxy) is 1. The molecule has 0 heterocycles. The van der Waals surface area contributed by atoms with Crippen molar-refractivity contribution in [2.45, 2.75) is 6.92 Å². The van der Waals surface area contributed by atoms with E-state index < -0.39 is 16.1 Å². The van der Waals surface area contributed by atoms with Crippen LogP contribution in [0.1, 0.15) is 5.56 Å². The molecule has 0 aliphatic carbocycles. The average molecular weight is 349 g/mol. The van der Waals surface area contributed by atoms with E-state index >= 15 is 0 Å². The van der Waals surface area contributed by atoms with Gasteiger partial charge in [0.2, 0.25) is 10.0 Å². The van der Waals surface area contributed by atoms with Crippen LogP contribution in [0.4, 0.5) is 21.9 Å². The lowest BCUT2D eigenvalue weighted by Gasteiger charge is -2.13. The van der Waals surface area contributed by atoms with Gasteiger partial charge in [0, 0.05) is 5.69 Å². The highest BCUT2D eigenvalue weighted by atomic mass is 32.2. The maximum Gasteiger partial charge on any atom is 0.323 e.